The number of aromatic nitrogens is 1. The number of pyridine rings is 1. The largest absolute Gasteiger partial charge is 0.364 e. The van der Waals surface area contributed by atoms with Crippen LogP contribution < -0.4 is 5.32 Å². The van der Waals surface area contributed by atoms with Crippen LogP contribution >= 0.6 is 15.9 Å². The van der Waals surface area contributed by atoms with Crippen LogP contribution in [0.1, 0.15) is 12.6 Å². The van der Waals surface area contributed by atoms with E-state index in [1.807, 2.05) is 6.92 Å². The Bertz CT molecular complexity index is 392. The van der Waals surface area contributed by atoms with Gasteiger partial charge in [0.2, 0.25) is 0 Å². The molecule has 1 aromatic rings. The average Bonchev–Trinajstić information content (AvgIpc) is 2.51. The number of rotatable bonds is 1. The molecule has 5 heteroatoms. The summed E-state index contributed by atoms with van der Waals surface area (Å²) < 4.78 is 14.0. The highest BCUT2D eigenvalue weighted by Gasteiger charge is 2.18. The zero-order valence-electron chi connectivity index (χ0n) is 7.59. The highest BCUT2D eigenvalue weighted by molar-refractivity contribution is 9.10. The molecule has 0 fully saturated rings. The van der Waals surface area contributed by atoms with Gasteiger partial charge in [0.25, 0.3) is 0 Å². The molecular formula is C9H9BrFN3. The van der Waals surface area contributed by atoms with Crippen LogP contribution in [0.5, 0.6) is 0 Å². The van der Waals surface area contributed by atoms with Gasteiger partial charge in [0.05, 0.1) is 6.54 Å². The Morgan fingerprint density at radius 1 is 1.64 bits per heavy atom. The van der Waals surface area contributed by atoms with Crippen LogP contribution in [0.25, 0.3) is 0 Å². The van der Waals surface area contributed by atoms with Crippen LogP contribution in [0.3, 0.4) is 0 Å². The normalized spacial score (nSPS) is 20.5. The molecule has 1 N–H and O–H groups in total. The van der Waals surface area contributed by atoms with E-state index in [1.165, 1.54) is 6.07 Å². The molecule has 14 heavy (non-hydrogen) atoms. The number of hydrogen-bond donors (Lipinski definition) is 1. The van der Waals surface area contributed by atoms with Gasteiger partial charge in [-0.3, -0.25) is 4.99 Å². The number of amidine groups is 1. The lowest BCUT2D eigenvalue weighted by atomic mass is 10.3. The molecule has 1 aliphatic rings. The predicted octanol–water partition coefficient (Wildman–Crippen LogP) is 1.72. The number of aliphatic imine (C=N–C) groups is 1. The van der Waals surface area contributed by atoms with Gasteiger partial charge in [-0.1, -0.05) is 0 Å². The molecule has 1 aromatic heterocycles. The minimum atomic E-state index is -0.361. The third-order valence-electron chi connectivity index (χ3n) is 1.94. The predicted molar refractivity (Wildman–Crippen MR) is 55.9 cm³/mol. The SMILES string of the molecule is CC1CN=C(c2ncc(Br)cc2F)N1. The lowest BCUT2D eigenvalue weighted by molar-refractivity contribution is 0.615. The summed E-state index contributed by atoms with van der Waals surface area (Å²) >= 11 is 3.15. The van der Waals surface area contributed by atoms with Gasteiger partial charge in [-0.2, -0.15) is 0 Å². The van der Waals surface area contributed by atoms with Crippen LogP contribution in [0, 0.1) is 5.82 Å². The van der Waals surface area contributed by atoms with Crippen molar-refractivity contribution in [1.82, 2.24) is 10.3 Å². The molecule has 1 atom stereocenters. The summed E-state index contributed by atoms with van der Waals surface area (Å²) in [5.74, 6) is 0.183. The molecule has 0 spiro atoms. The number of nitrogens with one attached hydrogen (secondary N) is 1. The second kappa shape index (κ2) is 3.65. The first-order valence-corrected chi connectivity index (χ1v) is 5.08. The molecule has 1 aliphatic heterocycles. The van der Waals surface area contributed by atoms with Gasteiger partial charge in [0.15, 0.2) is 11.7 Å². The molecule has 0 saturated heterocycles. The van der Waals surface area contributed by atoms with Crippen LogP contribution in [0.15, 0.2) is 21.7 Å². The molecule has 0 amide bonds. The van der Waals surface area contributed by atoms with E-state index < -0.39 is 0 Å². The Morgan fingerprint density at radius 3 is 3.00 bits per heavy atom. The van der Waals surface area contributed by atoms with Crippen molar-refractivity contribution < 1.29 is 4.39 Å². The van der Waals surface area contributed by atoms with Crippen LogP contribution in [0.2, 0.25) is 0 Å². The van der Waals surface area contributed by atoms with E-state index in [0.717, 1.165) is 0 Å². The molecule has 2 heterocycles. The minimum absolute atomic E-state index is 0.259. The van der Waals surface area contributed by atoms with Crippen molar-refractivity contribution in [2.75, 3.05) is 6.54 Å². The molecule has 0 bridgehead atoms. The smallest absolute Gasteiger partial charge is 0.153 e. The molecule has 0 saturated carbocycles. The monoisotopic (exact) mass is 257 g/mol. The van der Waals surface area contributed by atoms with Crippen molar-refractivity contribution in [1.29, 1.82) is 0 Å². The fourth-order valence-electron chi connectivity index (χ4n) is 1.28. The van der Waals surface area contributed by atoms with E-state index in [9.17, 15) is 4.39 Å². The van der Waals surface area contributed by atoms with Crippen molar-refractivity contribution >= 4 is 21.8 Å². The minimum Gasteiger partial charge on any atom is -0.364 e. The van der Waals surface area contributed by atoms with Crippen molar-refractivity contribution in [2.45, 2.75) is 13.0 Å². The zero-order valence-corrected chi connectivity index (χ0v) is 9.18. The highest BCUT2D eigenvalue weighted by Crippen LogP contribution is 2.14. The van der Waals surface area contributed by atoms with Gasteiger partial charge in [-0.25, -0.2) is 9.37 Å². The lowest BCUT2D eigenvalue weighted by Crippen LogP contribution is -2.29. The van der Waals surface area contributed by atoms with Gasteiger partial charge >= 0.3 is 0 Å². The Morgan fingerprint density at radius 2 is 2.43 bits per heavy atom. The summed E-state index contributed by atoms with van der Waals surface area (Å²) in [4.78, 5) is 8.14. The van der Waals surface area contributed by atoms with E-state index in [1.54, 1.807) is 6.20 Å². The van der Waals surface area contributed by atoms with Gasteiger partial charge in [-0.15, -0.1) is 0 Å². The van der Waals surface area contributed by atoms with Crippen LogP contribution in [-0.2, 0) is 0 Å². The first-order chi connectivity index (χ1) is 6.66. The standard InChI is InChI=1S/C9H9BrFN3/c1-5-3-13-9(14-5)8-7(11)2-6(10)4-12-8/h2,4-5H,3H2,1H3,(H,13,14). The van der Waals surface area contributed by atoms with Crippen molar-refractivity contribution in [3.8, 4) is 0 Å². The zero-order chi connectivity index (χ0) is 10.1. The maximum atomic E-state index is 13.4. The molecule has 0 aliphatic carbocycles. The third kappa shape index (κ3) is 1.77. The summed E-state index contributed by atoms with van der Waals surface area (Å²) in [6, 6.07) is 1.64. The molecule has 0 radical (unpaired) electrons. The maximum Gasteiger partial charge on any atom is 0.153 e. The van der Waals surface area contributed by atoms with E-state index in [4.69, 9.17) is 0 Å². The topological polar surface area (TPSA) is 37.3 Å². The van der Waals surface area contributed by atoms with Gasteiger partial charge in [-0.05, 0) is 28.9 Å². The number of hydrogen-bond acceptors (Lipinski definition) is 3. The van der Waals surface area contributed by atoms with Crippen LogP contribution in [-0.4, -0.2) is 23.4 Å². The number of nitrogens with zero attached hydrogens (tertiary/aromatic N) is 2. The van der Waals surface area contributed by atoms with Gasteiger partial charge < -0.3 is 5.32 Å². The molecular weight excluding hydrogens is 249 g/mol. The number of halogens is 2. The Labute approximate surface area is 89.6 Å². The first kappa shape index (κ1) is 9.58. The van der Waals surface area contributed by atoms with E-state index in [-0.39, 0.29) is 17.6 Å². The summed E-state index contributed by atoms with van der Waals surface area (Å²) in [6.45, 7) is 2.67. The molecule has 2 rings (SSSR count). The molecule has 74 valence electrons. The molecule has 3 nitrogen and oxygen atoms in total. The Hall–Kier alpha value is -0.970. The maximum absolute atomic E-state index is 13.4. The van der Waals surface area contributed by atoms with E-state index >= 15 is 0 Å². The molecule has 0 aromatic carbocycles. The first-order valence-electron chi connectivity index (χ1n) is 4.29. The third-order valence-corrected chi connectivity index (χ3v) is 2.37. The summed E-state index contributed by atoms with van der Waals surface area (Å²) in [5, 5.41) is 3.06. The fourth-order valence-corrected chi connectivity index (χ4v) is 1.59. The summed E-state index contributed by atoms with van der Waals surface area (Å²) in [5.41, 5.74) is 0.289. The highest BCUT2D eigenvalue weighted by atomic mass is 79.9. The summed E-state index contributed by atoms with van der Waals surface area (Å²) in [6.07, 6.45) is 1.56. The van der Waals surface area contributed by atoms with E-state index in [2.05, 4.69) is 31.2 Å². The quantitative estimate of drug-likeness (QED) is 0.832. The van der Waals surface area contributed by atoms with Gasteiger partial charge in [0.1, 0.15) is 5.69 Å². The Balaban J connectivity index is 2.33. The average molecular weight is 258 g/mol. The van der Waals surface area contributed by atoms with Gasteiger partial charge in [0, 0.05) is 16.7 Å². The van der Waals surface area contributed by atoms with Crippen molar-refractivity contribution in [3.63, 3.8) is 0 Å². The van der Waals surface area contributed by atoms with Crippen molar-refractivity contribution in [2.24, 2.45) is 4.99 Å². The second-order valence-electron chi connectivity index (χ2n) is 3.22. The summed E-state index contributed by atoms with van der Waals surface area (Å²) in [7, 11) is 0. The molecule has 1 unspecified atom stereocenters. The van der Waals surface area contributed by atoms with Crippen LogP contribution in [0.4, 0.5) is 4.39 Å². The second-order valence-corrected chi connectivity index (χ2v) is 4.13. The fraction of sp³-hybridized carbons (Fsp3) is 0.333. The van der Waals surface area contributed by atoms with Crippen molar-refractivity contribution in [3.05, 3.63) is 28.2 Å². The Kier molecular flexibility index (Phi) is 2.50. The lowest BCUT2D eigenvalue weighted by Gasteiger charge is -2.05. The van der Waals surface area contributed by atoms with E-state index in [0.29, 0.717) is 16.9 Å².